The molecule has 0 heterocycles. The van der Waals surface area contributed by atoms with Crippen LogP contribution in [0.2, 0.25) is 0 Å². The van der Waals surface area contributed by atoms with Crippen LogP contribution < -0.4 is 10.5 Å². The van der Waals surface area contributed by atoms with E-state index in [2.05, 4.69) is 0 Å². The Hall–Kier alpha value is -1.70. The first-order valence-corrected chi connectivity index (χ1v) is 5.13. The molecule has 0 unspecified atom stereocenters. The van der Waals surface area contributed by atoms with Crippen LogP contribution in [0.3, 0.4) is 0 Å². The molecule has 15 heavy (non-hydrogen) atoms. The summed E-state index contributed by atoms with van der Waals surface area (Å²) in [6, 6.07) is 11.8. The van der Waals surface area contributed by atoms with Crippen LogP contribution in [0.25, 0.3) is 10.8 Å². The second-order valence-corrected chi connectivity index (χ2v) is 2.93. The molecule has 2 N–H and O–H groups in total. The largest absolute Gasteiger partial charge is 0.497 e. The lowest BCUT2D eigenvalue weighted by Gasteiger charge is -2.04. The van der Waals surface area contributed by atoms with Crippen molar-refractivity contribution < 1.29 is 4.74 Å². The lowest BCUT2D eigenvalue weighted by molar-refractivity contribution is 0.415. The molecule has 80 valence electrons. The fourth-order valence-corrected chi connectivity index (χ4v) is 1.40. The zero-order valence-corrected chi connectivity index (χ0v) is 9.45. The van der Waals surface area contributed by atoms with Gasteiger partial charge in [0.1, 0.15) is 5.75 Å². The molecule has 2 aromatic carbocycles. The molecule has 0 aliphatic rings. The molecule has 0 saturated heterocycles. The van der Waals surface area contributed by atoms with Crippen LogP contribution in [0, 0.1) is 0 Å². The van der Waals surface area contributed by atoms with Crippen LogP contribution in [-0.2, 0) is 0 Å². The van der Waals surface area contributed by atoms with E-state index in [-0.39, 0.29) is 0 Å². The van der Waals surface area contributed by atoms with E-state index in [4.69, 9.17) is 10.5 Å². The predicted octanol–water partition coefficient (Wildman–Crippen LogP) is 3.46. The maximum Gasteiger partial charge on any atom is 0.119 e. The maximum absolute atomic E-state index is 5.82. The second kappa shape index (κ2) is 5.25. The Bertz CT molecular complexity index is 437. The number of nitrogens with two attached hydrogens (primary N) is 1. The van der Waals surface area contributed by atoms with Gasteiger partial charge in [0, 0.05) is 11.1 Å². The lowest BCUT2D eigenvalue weighted by atomic mass is 10.1. The number of hydrogen-bond acceptors (Lipinski definition) is 2. The van der Waals surface area contributed by atoms with Crippen LogP contribution >= 0.6 is 0 Å². The number of benzene rings is 2. The minimum atomic E-state index is 0.788. The van der Waals surface area contributed by atoms with Gasteiger partial charge in [-0.1, -0.05) is 32.0 Å². The average Bonchev–Trinajstić information content (AvgIpc) is 2.32. The highest BCUT2D eigenvalue weighted by Gasteiger charge is 1.98. The van der Waals surface area contributed by atoms with Crippen molar-refractivity contribution in [2.24, 2.45) is 0 Å². The molecule has 0 radical (unpaired) electrons. The second-order valence-electron chi connectivity index (χ2n) is 2.93. The first-order chi connectivity index (χ1) is 7.31. The molecule has 2 heteroatoms. The summed E-state index contributed by atoms with van der Waals surface area (Å²) in [4.78, 5) is 0. The summed E-state index contributed by atoms with van der Waals surface area (Å²) in [5.41, 5.74) is 6.61. The fraction of sp³-hybridized carbons (Fsp3) is 0.231. The monoisotopic (exact) mass is 203 g/mol. The van der Waals surface area contributed by atoms with Gasteiger partial charge in [-0.25, -0.2) is 0 Å². The van der Waals surface area contributed by atoms with E-state index in [9.17, 15) is 0 Å². The van der Waals surface area contributed by atoms with E-state index >= 15 is 0 Å². The molecule has 0 saturated carbocycles. The number of methoxy groups -OCH3 is 1. The molecular formula is C13H17NO. The van der Waals surface area contributed by atoms with Crippen LogP contribution in [0.5, 0.6) is 5.75 Å². The molecular weight excluding hydrogens is 186 g/mol. The SMILES string of the molecule is CC.COc1ccc2cccc(N)c2c1. The van der Waals surface area contributed by atoms with E-state index in [1.807, 2.05) is 50.2 Å². The Morgan fingerprint density at radius 1 is 1.07 bits per heavy atom. The first-order valence-electron chi connectivity index (χ1n) is 5.13. The van der Waals surface area contributed by atoms with Crippen LogP contribution in [-0.4, -0.2) is 7.11 Å². The molecule has 0 fully saturated rings. The number of hydrogen-bond donors (Lipinski definition) is 1. The van der Waals surface area contributed by atoms with Gasteiger partial charge in [-0.15, -0.1) is 0 Å². The highest BCUT2D eigenvalue weighted by Crippen LogP contribution is 2.24. The molecule has 0 amide bonds. The van der Waals surface area contributed by atoms with Gasteiger partial charge in [-0.05, 0) is 23.6 Å². The summed E-state index contributed by atoms with van der Waals surface area (Å²) in [6.07, 6.45) is 0. The van der Waals surface area contributed by atoms with Crippen molar-refractivity contribution in [2.75, 3.05) is 12.8 Å². The minimum Gasteiger partial charge on any atom is -0.497 e. The van der Waals surface area contributed by atoms with Gasteiger partial charge in [-0.3, -0.25) is 0 Å². The molecule has 0 aromatic heterocycles. The topological polar surface area (TPSA) is 35.2 Å². The number of fused-ring (bicyclic) bond motifs is 1. The summed E-state index contributed by atoms with van der Waals surface area (Å²) >= 11 is 0. The maximum atomic E-state index is 5.82. The zero-order valence-electron chi connectivity index (χ0n) is 9.45. The molecule has 2 nitrogen and oxygen atoms in total. The Morgan fingerprint density at radius 2 is 1.80 bits per heavy atom. The Kier molecular flexibility index (Phi) is 3.98. The number of ether oxygens (including phenoxy) is 1. The first kappa shape index (κ1) is 11.4. The minimum absolute atomic E-state index is 0.788. The Morgan fingerprint density at radius 3 is 2.47 bits per heavy atom. The van der Waals surface area contributed by atoms with Crippen LogP contribution in [0.1, 0.15) is 13.8 Å². The standard InChI is InChI=1S/C11H11NO.C2H6/c1-13-9-6-5-8-3-2-4-11(12)10(8)7-9;1-2/h2-7H,12H2,1H3;1-2H3. The van der Waals surface area contributed by atoms with Gasteiger partial charge < -0.3 is 10.5 Å². The van der Waals surface area contributed by atoms with Gasteiger partial charge in [0.2, 0.25) is 0 Å². The highest BCUT2D eigenvalue weighted by atomic mass is 16.5. The summed E-state index contributed by atoms with van der Waals surface area (Å²) in [5.74, 6) is 0.838. The number of anilines is 1. The summed E-state index contributed by atoms with van der Waals surface area (Å²) in [5, 5.41) is 2.18. The van der Waals surface area contributed by atoms with Crippen molar-refractivity contribution in [3.8, 4) is 5.75 Å². The molecule has 0 atom stereocenters. The van der Waals surface area contributed by atoms with Crippen LogP contribution in [0.4, 0.5) is 5.69 Å². The summed E-state index contributed by atoms with van der Waals surface area (Å²) < 4.78 is 5.12. The lowest BCUT2D eigenvalue weighted by Crippen LogP contribution is -1.87. The Labute approximate surface area is 90.7 Å². The molecule has 0 aliphatic heterocycles. The van der Waals surface area contributed by atoms with Gasteiger partial charge in [0.25, 0.3) is 0 Å². The molecule has 0 bridgehead atoms. The van der Waals surface area contributed by atoms with E-state index in [0.717, 1.165) is 22.2 Å². The smallest absolute Gasteiger partial charge is 0.119 e. The van der Waals surface area contributed by atoms with E-state index in [1.165, 1.54) is 0 Å². The third kappa shape index (κ3) is 2.40. The van der Waals surface area contributed by atoms with Crippen LogP contribution in [0.15, 0.2) is 36.4 Å². The van der Waals surface area contributed by atoms with E-state index in [1.54, 1.807) is 7.11 Å². The zero-order chi connectivity index (χ0) is 11.3. The molecule has 2 rings (SSSR count). The normalized spacial score (nSPS) is 9.27. The number of rotatable bonds is 1. The summed E-state index contributed by atoms with van der Waals surface area (Å²) in [6.45, 7) is 4.00. The fourth-order valence-electron chi connectivity index (χ4n) is 1.40. The van der Waals surface area contributed by atoms with Crippen molar-refractivity contribution in [3.63, 3.8) is 0 Å². The van der Waals surface area contributed by atoms with Gasteiger partial charge in [-0.2, -0.15) is 0 Å². The molecule has 0 spiro atoms. The van der Waals surface area contributed by atoms with Crippen molar-refractivity contribution in [3.05, 3.63) is 36.4 Å². The third-order valence-corrected chi connectivity index (χ3v) is 2.12. The van der Waals surface area contributed by atoms with E-state index in [0.29, 0.717) is 0 Å². The summed E-state index contributed by atoms with van der Waals surface area (Å²) in [7, 11) is 1.65. The Balaban J connectivity index is 0.000000531. The average molecular weight is 203 g/mol. The predicted molar refractivity (Wildman–Crippen MR) is 66.3 cm³/mol. The quantitative estimate of drug-likeness (QED) is 0.720. The molecule has 2 aromatic rings. The van der Waals surface area contributed by atoms with E-state index < -0.39 is 0 Å². The van der Waals surface area contributed by atoms with Crippen molar-refractivity contribution >= 4 is 16.5 Å². The van der Waals surface area contributed by atoms with Crippen molar-refractivity contribution in [2.45, 2.75) is 13.8 Å². The van der Waals surface area contributed by atoms with Gasteiger partial charge >= 0.3 is 0 Å². The third-order valence-electron chi connectivity index (χ3n) is 2.12. The van der Waals surface area contributed by atoms with Gasteiger partial charge in [0.15, 0.2) is 0 Å². The highest BCUT2D eigenvalue weighted by molar-refractivity contribution is 5.93. The van der Waals surface area contributed by atoms with Crippen molar-refractivity contribution in [1.29, 1.82) is 0 Å². The number of nitrogen functional groups attached to an aromatic ring is 1. The van der Waals surface area contributed by atoms with Crippen molar-refractivity contribution in [1.82, 2.24) is 0 Å². The molecule has 0 aliphatic carbocycles. The van der Waals surface area contributed by atoms with Gasteiger partial charge in [0.05, 0.1) is 7.11 Å².